The Hall–Kier alpha value is -3.39. The lowest BCUT2D eigenvalue weighted by Crippen LogP contribution is -2.49. The zero-order chi connectivity index (χ0) is 27.0. The minimum absolute atomic E-state index is 0.0129. The van der Waals surface area contributed by atoms with Crippen molar-refractivity contribution in [3.8, 4) is 0 Å². The summed E-state index contributed by atoms with van der Waals surface area (Å²) in [4.78, 5) is 37.0. The largest absolute Gasteiger partial charge is 0.421 e. The number of H-pyrrole nitrogens is 1. The van der Waals surface area contributed by atoms with Crippen molar-refractivity contribution in [3.05, 3.63) is 39.9 Å². The number of carbonyl (C=O) groups excluding carboxylic acids is 1. The molecule has 0 radical (unpaired) electrons. The number of hydrogen-bond donors (Lipinski definition) is 1. The third-order valence-electron chi connectivity index (χ3n) is 6.59. The van der Waals surface area contributed by atoms with E-state index in [4.69, 9.17) is 0 Å². The predicted octanol–water partition coefficient (Wildman–Crippen LogP) is 2.94. The molecular formula is C22H25F6N7O2. The average molecular weight is 533 g/mol. The summed E-state index contributed by atoms with van der Waals surface area (Å²) in [5.41, 5.74) is -3.56. The summed E-state index contributed by atoms with van der Waals surface area (Å²) in [6, 6.07) is 0.522. The lowest BCUT2D eigenvalue weighted by molar-refractivity contribution is -0.139. The Bertz CT molecular complexity index is 1160. The summed E-state index contributed by atoms with van der Waals surface area (Å²) >= 11 is 0. The minimum Gasteiger partial charge on any atom is -0.352 e. The van der Waals surface area contributed by atoms with Gasteiger partial charge in [0, 0.05) is 63.6 Å². The van der Waals surface area contributed by atoms with E-state index in [1.165, 1.54) is 0 Å². The normalized spacial score (nSPS) is 21.0. The molecule has 0 saturated carbocycles. The molecule has 2 saturated heterocycles. The number of piperazine rings is 1. The van der Waals surface area contributed by atoms with Crippen molar-refractivity contribution in [1.29, 1.82) is 0 Å². The van der Waals surface area contributed by atoms with Gasteiger partial charge in [-0.25, -0.2) is 15.1 Å². The quantitative estimate of drug-likeness (QED) is 0.591. The number of nitrogens with zero attached hydrogens (tertiary/aromatic N) is 6. The molecule has 0 bridgehead atoms. The second kappa shape index (κ2) is 10.2. The van der Waals surface area contributed by atoms with Gasteiger partial charge in [0.05, 0.1) is 5.56 Å². The maximum absolute atomic E-state index is 13.2. The Morgan fingerprint density at radius 1 is 1.05 bits per heavy atom. The van der Waals surface area contributed by atoms with Crippen LogP contribution < -0.4 is 15.4 Å². The molecule has 1 amide bonds. The first kappa shape index (κ1) is 26.7. The molecule has 37 heavy (non-hydrogen) atoms. The van der Waals surface area contributed by atoms with Crippen LogP contribution >= 0.6 is 0 Å². The molecule has 2 aliphatic rings. The topological polar surface area (TPSA) is 98.3 Å². The van der Waals surface area contributed by atoms with Crippen molar-refractivity contribution in [1.82, 2.24) is 25.1 Å². The average Bonchev–Trinajstić information content (AvgIpc) is 3.22. The molecule has 9 nitrogen and oxygen atoms in total. The van der Waals surface area contributed by atoms with Crippen LogP contribution in [-0.4, -0.2) is 69.7 Å². The summed E-state index contributed by atoms with van der Waals surface area (Å²) in [6.45, 7) is 3.78. The van der Waals surface area contributed by atoms with Gasteiger partial charge < -0.3 is 14.7 Å². The van der Waals surface area contributed by atoms with E-state index >= 15 is 0 Å². The number of amides is 1. The molecule has 4 heterocycles. The summed E-state index contributed by atoms with van der Waals surface area (Å²) < 4.78 is 77.6. The van der Waals surface area contributed by atoms with Gasteiger partial charge >= 0.3 is 12.4 Å². The number of nitrogens with one attached hydrogen (secondary N) is 1. The highest BCUT2D eigenvalue weighted by molar-refractivity contribution is 5.76. The Morgan fingerprint density at radius 3 is 2.30 bits per heavy atom. The molecule has 2 atom stereocenters. The zero-order valence-electron chi connectivity index (χ0n) is 19.8. The predicted molar refractivity (Wildman–Crippen MR) is 120 cm³/mol. The smallest absolute Gasteiger partial charge is 0.352 e. The number of rotatable bonds is 5. The van der Waals surface area contributed by atoms with Crippen LogP contribution in [0, 0.1) is 5.92 Å². The molecule has 0 spiro atoms. The molecule has 15 heteroatoms. The number of aromatic nitrogens is 4. The fourth-order valence-electron chi connectivity index (χ4n) is 4.69. The number of alkyl halides is 6. The van der Waals surface area contributed by atoms with E-state index in [-0.39, 0.29) is 36.1 Å². The molecule has 1 N–H and O–H groups in total. The van der Waals surface area contributed by atoms with Crippen LogP contribution in [0.3, 0.4) is 0 Å². The first-order chi connectivity index (χ1) is 17.3. The van der Waals surface area contributed by atoms with Gasteiger partial charge in [-0.15, -0.1) is 0 Å². The minimum atomic E-state index is -4.81. The van der Waals surface area contributed by atoms with Gasteiger partial charge in [0.1, 0.15) is 11.4 Å². The molecule has 4 rings (SSSR count). The van der Waals surface area contributed by atoms with Gasteiger partial charge in [-0.3, -0.25) is 9.59 Å². The molecule has 0 aliphatic carbocycles. The fourth-order valence-corrected chi connectivity index (χ4v) is 4.69. The zero-order valence-corrected chi connectivity index (χ0v) is 19.8. The first-order valence-electron chi connectivity index (χ1n) is 11.7. The van der Waals surface area contributed by atoms with Crippen LogP contribution in [0.2, 0.25) is 0 Å². The molecule has 0 unspecified atom stereocenters. The highest BCUT2D eigenvalue weighted by Gasteiger charge is 2.37. The lowest BCUT2D eigenvalue weighted by Gasteiger charge is -2.35. The third kappa shape index (κ3) is 6.13. The lowest BCUT2D eigenvalue weighted by atomic mass is 10.0. The Balaban J connectivity index is 1.33. The second-order valence-corrected chi connectivity index (χ2v) is 9.29. The van der Waals surface area contributed by atoms with Crippen molar-refractivity contribution in [2.24, 2.45) is 5.92 Å². The van der Waals surface area contributed by atoms with Crippen molar-refractivity contribution in [2.45, 2.75) is 44.6 Å². The highest BCUT2D eigenvalue weighted by atomic mass is 19.4. The Morgan fingerprint density at radius 2 is 1.70 bits per heavy atom. The number of anilines is 2. The van der Waals surface area contributed by atoms with Crippen molar-refractivity contribution in [3.63, 3.8) is 0 Å². The van der Waals surface area contributed by atoms with E-state index < -0.39 is 29.0 Å². The van der Waals surface area contributed by atoms with Crippen LogP contribution in [0.1, 0.15) is 37.3 Å². The Labute approximate surface area is 207 Å². The molecule has 2 aliphatic heterocycles. The second-order valence-electron chi connectivity index (χ2n) is 9.29. The van der Waals surface area contributed by atoms with E-state index in [0.29, 0.717) is 45.6 Å². The van der Waals surface area contributed by atoms with Crippen LogP contribution in [0.5, 0.6) is 0 Å². The summed E-state index contributed by atoms with van der Waals surface area (Å²) in [6.07, 6.45) is -6.66. The van der Waals surface area contributed by atoms with Gasteiger partial charge in [-0.05, 0) is 18.8 Å². The molecular weight excluding hydrogens is 508 g/mol. The van der Waals surface area contributed by atoms with Crippen LogP contribution in [0.25, 0.3) is 0 Å². The van der Waals surface area contributed by atoms with Crippen molar-refractivity contribution >= 4 is 17.7 Å². The summed E-state index contributed by atoms with van der Waals surface area (Å²) in [7, 11) is 0. The van der Waals surface area contributed by atoms with Crippen LogP contribution in [0.15, 0.2) is 23.3 Å². The van der Waals surface area contributed by atoms with Gasteiger partial charge in [0.25, 0.3) is 5.56 Å². The standard InChI is InChI=1S/C22H25F6N7O2/c1-13-8-15(35(12-13)17-9-16(22(26,27)28)19(37)32-31-17)2-3-18(36)33-4-6-34(7-5-33)20-29-10-14(11-30-20)21(23,24)25/h9-11,13,15H,2-8,12H2,1H3,(H,32,37)/t13-,15-/m1/s1. The van der Waals surface area contributed by atoms with E-state index in [1.807, 2.05) is 12.0 Å². The Kier molecular flexibility index (Phi) is 7.33. The van der Waals surface area contributed by atoms with E-state index in [2.05, 4.69) is 15.1 Å². The highest BCUT2D eigenvalue weighted by Crippen LogP contribution is 2.33. The number of aromatic amines is 1. The van der Waals surface area contributed by atoms with Gasteiger partial charge in [0.15, 0.2) is 0 Å². The van der Waals surface area contributed by atoms with Crippen LogP contribution in [0.4, 0.5) is 38.1 Å². The summed E-state index contributed by atoms with van der Waals surface area (Å²) in [5.74, 6) is 0.203. The van der Waals surface area contributed by atoms with Gasteiger partial charge in [0.2, 0.25) is 11.9 Å². The maximum Gasteiger partial charge on any atom is 0.421 e. The van der Waals surface area contributed by atoms with E-state index in [1.54, 1.807) is 14.7 Å². The summed E-state index contributed by atoms with van der Waals surface area (Å²) in [5, 5.41) is 5.72. The van der Waals surface area contributed by atoms with Crippen molar-refractivity contribution in [2.75, 3.05) is 42.5 Å². The van der Waals surface area contributed by atoms with Gasteiger partial charge in [-0.2, -0.15) is 31.4 Å². The number of carbonyl (C=O) groups is 1. The van der Waals surface area contributed by atoms with Gasteiger partial charge in [-0.1, -0.05) is 6.92 Å². The van der Waals surface area contributed by atoms with Crippen LogP contribution in [-0.2, 0) is 17.1 Å². The molecule has 2 aromatic heterocycles. The SMILES string of the molecule is C[C@@H]1C[C@@H](CCC(=O)N2CCN(c3ncc(C(F)(F)F)cn3)CC2)N(c2cc(C(F)(F)F)c(=O)[nH]n2)C1. The molecule has 202 valence electrons. The maximum atomic E-state index is 13.2. The number of hydrogen-bond acceptors (Lipinski definition) is 7. The number of halogens is 6. The molecule has 2 aromatic rings. The fraction of sp³-hybridized carbons (Fsp3) is 0.591. The van der Waals surface area contributed by atoms with E-state index in [9.17, 15) is 35.9 Å². The first-order valence-corrected chi connectivity index (χ1v) is 11.7. The monoisotopic (exact) mass is 533 g/mol. The van der Waals surface area contributed by atoms with Crippen molar-refractivity contribution < 1.29 is 31.1 Å². The molecule has 0 aromatic carbocycles. The van der Waals surface area contributed by atoms with E-state index in [0.717, 1.165) is 18.5 Å². The molecule has 2 fully saturated rings. The third-order valence-corrected chi connectivity index (χ3v) is 6.59.